The van der Waals surface area contributed by atoms with Crippen LogP contribution in [0.1, 0.15) is 20.3 Å². The van der Waals surface area contributed by atoms with Gasteiger partial charge in [0.05, 0.1) is 16.1 Å². The van der Waals surface area contributed by atoms with E-state index in [1.807, 2.05) is 4.57 Å². The minimum absolute atomic E-state index is 0.100. The lowest BCUT2D eigenvalue weighted by Gasteiger charge is -2.08. The number of hydrogen-bond acceptors (Lipinski definition) is 2. The van der Waals surface area contributed by atoms with Crippen molar-refractivity contribution in [2.45, 2.75) is 26.8 Å². The Morgan fingerprint density at radius 1 is 1.47 bits per heavy atom. The molecule has 2 N–H and O–H groups in total. The van der Waals surface area contributed by atoms with Gasteiger partial charge >= 0.3 is 0 Å². The zero-order valence-electron chi connectivity index (χ0n) is 9.87. The molecule has 17 heavy (non-hydrogen) atoms. The highest BCUT2D eigenvalue weighted by Gasteiger charge is 2.11. The molecule has 1 aromatic heterocycles. The van der Waals surface area contributed by atoms with Gasteiger partial charge in [-0.1, -0.05) is 25.4 Å². The zero-order valence-corrected chi connectivity index (χ0v) is 10.6. The standard InChI is InChI=1S/C12H15ClFN3/c1-7(2)3-4-17-11-5-8(13)9(14)6-10(11)16-12(17)15/h5-7H,3-4H2,1-2H3,(H2,15,16). The van der Waals surface area contributed by atoms with Gasteiger partial charge in [0.2, 0.25) is 5.95 Å². The van der Waals surface area contributed by atoms with Gasteiger partial charge in [0.15, 0.2) is 0 Å². The first-order valence-electron chi connectivity index (χ1n) is 5.59. The Morgan fingerprint density at radius 3 is 2.82 bits per heavy atom. The van der Waals surface area contributed by atoms with Crippen molar-refractivity contribution in [2.24, 2.45) is 5.92 Å². The Morgan fingerprint density at radius 2 is 2.18 bits per heavy atom. The first-order valence-corrected chi connectivity index (χ1v) is 5.97. The second-order valence-electron chi connectivity index (χ2n) is 4.56. The lowest BCUT2D eigenvalue weighted by atomic mass is 10.1. The largest absolute Gasteiger partial charge is 0.369 e. The third-order valence-corrected chi connectivity index (χ3v) is 3.04. The van der Waals surface area contributed by atoms with Crippen LogP contribution in [0, 0.1) is 11.7 Å². The highest BCUT2D eigenvalue weighted by molar-refractivity contribution is 6.31. The Balaban J connectivity index is 2.47. The van der Waals surface area contributed by atoms with Crippen molar-refractivity contribution in [3.63, 3.8) is 0 Å². The van der Waals surface area contributed by atoms with Gasteiger partial charge in [-0.2, -0.15) is 0 Å². The van der Waals surface area contributed by atoms with E-state index in [1.165, 1.54) is 6.07 Å². The van der Waals surface area contributed by atoms with E-state index in [0.717, 1.165) is 18.5 Å². The number of anilines is 1. The molecular weight excluding hydrogens is 241 g/mol. The molecule has 1 aromatic carbocycles. The van der Waals surface area contributed by atoms with Crippen LogP contribution in [0.15, 0.2) is 12.1 Å². The normalized spacial score (nSPS) is 11.6. The zero-order chi connectivity index (χ0) is 12.6. The Kier molecular flexibility index (Phi) is 3.24. The average molecular weight is 256 g/mol. The predicted molar refractivity (Wildman–Crippen MR) is 68.6 cm³/mol. The summed E-state index contributed by atoms with van der Waals surface area (Å²) in [6, 6.07) is 2.90. The fraction of sp³-hybridized carbons (Fsp3) is 0.417. The van der Waals surface area contributed by atoms with Crippen LogP contribution in [0.4, 0.5) is 10.3 Å². The summed E-state index contributed by atoms with van der Waals surface area (Å²) < 4.78 is 15.2. The van der Waals surface area contributed by atoms with Crippen molar-refractivity contribution >= 4 is 28.6 Å². The molecule has 0 aliphatic carbocycles. The molecule has 3 nitrogen and oxygen atoms in total. The second kappa shape index (κ2) is 4.53. The van der Waals surface area contributed by atoms with Crippen LogP contribution >= 0.6 is 11.6 Å². The molecule has 0 saturated carbocycles. The highest BCUT2D eigenvalue weighted by atomic mass is 35.5. The number of benzene rings is 1. The summed E-state index contributed by atoms with van der Waals surface area (Å²) in [6.45, 7) is 5.05. The van der Waals surface area contributed by atoms with Crippen LogP contribution in [0.3, 0.4) is 0 Å². The number of nitrogen functional groups attached to an aromatic ring is 1. The molecular formula is C12H15ClFN3. The quantitative estimate of drug-likeness (QED) is 0.913. The smallest absolute Gasteiger partial charge is 0.201 e. The molecule has 0 atom stereocenters. The highest BCUT2D eigenvalue weighted by Crippen LogP contribution is 2.25. The van der Waals surface area contributed by atoms with Crippen LogP contribution in [-0.4, -0.2) is 9.55 Å². The van der Waals surface area contributed by atoms with E-state index in [-0.39, 0.29) is 5.02 Å². The molecule has 0 spiro atoms. The van der Waals surface area contributed by atoms with Crippen LogP contribution in [0.25, 0.3) is 11.0 Å². The van der Waals surface area contributed by atoms with Crippen molar-refractivity contribution in [3.8, 4) is 0 Å². The molecule has 0 aliphatic rings. The maximum Gasteiger partial charge on any atom is 0.201 e. The maximum atomic E-state index is 13.3. The molecule has 0 bridgehead atoms. The summed E-state index contributed by atoms with van der Waals surface area (Å²) in [5.74, 6) is 0.512. The topological polar surface area (TPSA) is 43.8 Å². The van der Waals surface area contributed by atoms with Crippen LogP contribution < -0.4 is 5.73 Å². The first-order chi connectivity index (χ1) is 7.99. The molecule has 0 fully saturated rings. The Hall–Kier alpha value is -1.29. The number of imidazole rings is 1. The van der Waals surface area contributed by atoms with Crippen molar-refractivity contribution < 1.29 is 4.39 Å². The molecule has 0 radical (unpaired) electrons. The number of aryl methyl sites for hydroxylation is 1. The monoisotopic (exact) mass is 255 g/mol. The van der Waals surface area contributed by atoms with Crippen molar-refractivity contribution in [1.82, 2.24) is 9.55 Å². The molecule has 2 rings (SSSR count). The van der Waals surface area contributed by atoms with E-state index in [0.29, 0.717) is 17.4 Å². The van der Waals surface area contributed by atoms with E-state index in [9.17, 15) is 4.39 Å². The van der Waals surface area contributed by atoms with Gasteiger partial charge in [-0.05, 0) is 18.4 Å². The summed E-state index contributed by atoms with van der Waals surface area (Å²) in [6.07, 6.45) is 0.991. The van der Waals surface area contributed by atoms with Crippen LogP contribution in [0.5, 0.6) is 0 Å². The fourth-order valence-electron chi connectivity index (χ4n) is 1.76. The van der Waals surface area contributed by atoms with Gasteiger partial charge in [0.25, 0.3) is 0 Å². The van der Waals surface area contributed by atoms with E-state index in [1.54, 1.807) is 6.07 Å². The SMILES string of the molecule is CC(C)CCn1c(N)nc2cc(F)c(Cl)cc21. The summed E-state index contributed by atoms with van der Waals surface area (Å²) in [5, 5.41) is 0.100. The number of halogens is 2. The van der Waals surface area contributed by atoms with Crippen molar-refractivity contribution in [2.75, 3.05) is 5.73 Å². The van der Waals surface area contributed by atoms with E-state index in [4.69, 9.17) is 17.3 Å². The minimum Gasteiger partial charge on any atom is -0.369 e. The summed E-state index contributed by atoms with van der Waals surface area (Å²) in [7, 11) is 0. The maximum absolute atomic E-state index is 13.3. The van der Waals surface area contributed by atoms with E-state index in [2.05, 4.69) is 18.8 Å². The molecule has 2 aromatic rings. The summed E-state index contributed by atoms with van der Waals surface area (Å²) in [4.78, 5) is 4.14. The van der Waals surface area contributed by atoms with E-state index < -0.39 is 5.82 Å². The van der Waals surface area contributed by atoms with Crippen LogP contribution in [0.2, 0.25) is 5.02 Å². The minimum atomic E-state index is -0.465. The lowest BCUT2D eigenvalue weighted by molar-refractivity contribution is 0.526. The van der Waals surface area contributed by atoms with Gasteiger partial charge in [-0.15, -0.1) is 0 Å². The van der Waals surface area contributed by atoms with Gasteiger partial charge in [-0.3, -0.25) is 0 Å². The molecule has 5 heteroatoms. The van der Waals surface area contributed by atoms with Crippen molar-refractivity contribution in [1.29, 1.82) is 0 Å². The molecule has 92 valence electrons. The second-order valence-corrected chi connectivity index (χ2v) is 4.97. The molecule has 0 saturated heterocycles. The number of fused-ring (bicyclic) bond motifs is 1. The van der Waals surface area contributed by atoms with Gasteiger partial charge in [-0.25, -0.2) is 9.37 Å². The van der Waals surface area contributed by atoms with Gasteiger partial charge in [0, 0.05) is 12.6 Å². The third kappa shape index (κ3) is 2.36. The van der Waals surface area contributed by atoms with Gasteiger partial charge in [0.1, 0.15) is 5.82 Å². The fourth-order valence-corrected chi connectivity index (χ4v) is 1.92. The summed E-state index contributed by atoms with van der Waals surface area (Å²) >= 11 is 5.77. The lowest BCUT2D eigenvalue weighted by Crippen LogP contribution is -2.05. The Bertz CT molecular complexity index is 548. The predicted octanol–water partition coefficient (Wildman–Crippen LogP) is 3.46. The van der Waals surface area contributed by atoms with Gasteiger partial charge < -0.3 is 10.3 Å². The van der Waals surface area contributed by atoms with E-state index >= 15 is 0 Å². The van der Waals surface area contributed by atoms with Crippen LogP contribution in [-0.2, 0) is 6.54 Å². The third-order valence-electron chi connectivity index (χ3n) is 2.75. The molecule has 1 heterocycles. The number of hydrogen-bond donors (Lipinski definition) is 1. The molecule has 0 aliphatic heterocycles. The number of nitrogens with two attached hydrogens (primary N) is 1. The number of aromatic nitrogens is 2. The Labute approximate surface area is 104 Å². The number of nitrogens with zero attached hydrogens (tertiary/aromatic N) is 2. The molecule has 0 unspecified atom stereocenters. The first kappa shape index (κ1) is 12.2. The summed E-state index contributed by atoms with van der Waals surface area (Å²) in [5.41, 5.74) is 7.16. The average Bonchev–Trinajstić information content (AvgIpc) is 2.52. The molecule has 0 amide bonds. The number of rotatable bonds is 3. The van der Waals surface area contributed by atoms with Crippen molar-refractivity contribution in [3.05, 3.63) is 23.0 Å².